The van der Waals surface area contributed by atoms with E-state index in [-0.39, 0.29) is 29.3 Å². The fourth-order valence-electron chi connectivity index (χ4n) is 2.56. The molecular weight excluding hydrogens is 317 g/mol. The van der Waals surface area contributed by atoms with Crippen LogP contribution in [-0.4, -0.2) is 42.2 Å². The van der Waals surface area contributed by atoms with Crippen molar-refractivity contribution in [2.24, 2.45) is 11.8 Å². The fraction of sp³-hybridized carbons (Fsp3) is 0.562. The number of likely N-dealkylation sites (tertiary alicyclic amines) is 1. The summed E-state index contributed by atoms with van der Waals surface area (Å²) in [6.45, 7) is 5.86. The molecule has 8 heteroatoms. The lowest BCUT2D eigenvalue weighted by molar-refractivity contribution is -0.384. The quantitative estimate of drug-likeness (QED) is 0.635. The van der Waals surface area contributed by atoms with Gasteiger partial charge in [-0.1, -0.05) is 13.8 Å². The molecule has 1 heterocycles. The molecule has 7 nitrogen and oxygen atoms in total. The van der Waals surface area contributed by atoms with Crippen LogP contribution in [-0.2, 0) is 4.74 Å². The topological polar surface area (TPSA) is 84.7 Å². The molecule has 0 bridgehead atoms. The monoisotopic (exact) mass is 339 g/mol. The summed E-state index contributed by atoms with van der Waals surface area (Å²) in [6, 6.07) is 3.31. The van der Waals surface area contributed by atoms with Crippen molar-refractivity contribution < 1.29 is 18.8 Å². The molecule has 1 atom stereocenters. The normalized spacial score (nSPS) is 17.2. The van der Waals surface area contributed by atoms with E-state index in [1.54, 1.807) is 4.90 Å². The van der Waals surface area contributed by atoms with Gasteiger partial charge in [0.1, 0.15) is 11.5 Å². The molecule has 0 spiro atoms. The molecular formula is C16H22FN3O4. The smallest absolute Gasteiger partial charge is 0.409 e. The van der Waals surface area contributed by atoms with Crippen LogP contribution in [0.3, 0.4) is 0 Å². The third-order valence-electron chi connectivity index (χ3n) is 3.82. The van der Waals surface area contributed by atoms with Gasteiger partial charge in [-0.15, -0.1) is 0 Å². The Labute approximate surface area is 139 Å². The van der Waals surface area contributed by atoms with E-state index in [4.69, 9.17) is 4.74 Å². The molecule has 1 fully saturated rings. The second-order valence-corrected chi connectivity index (χ2v) is 6.37. The van der Waals surface area contributed by atoms with E-state index in [1.165, 1.54) is 0 Å². The Bertz CT molecular complexity index is 609. The number of hydrogen-bond acceptors (Lipinski definition) is 5. The van der Waals surface area contributed by atoms with Gasteiger partial charge in [-0.25, -0.2) is 9.18 Å². The van der Waals surface area contributed by atoms with Gasteiger partial charge < -0.3 is 15.0 Å². The van der Waals surface area contributed by atoms with Gasteiger partial charge in [0.2, 0.25) is 0 Å². The van der Waals surface area contributed by atoms with Crippen LogP contribution in [0.2, 0.25) is 0 Å². The zero-order valence-electron chi connectivity index (χ0n) is 13.8. The number of benzene rings is 1. The molecule has 1 saturated heterocycles. The van der Waals surface area contributed by atoms with Crippen molar-refractivity contribution in [2.45, 2.75) is 20.3 Å². The Morgan fingerprint density at radius 2 is 2.29 bits per heavy atom. The molecule has 0 aromatic heterocycles. The number of rotatable bonds is 6. The van der Waals surface area contributed by atoms with Crippen LogP contribution in [0, 0.1) is 27.8 Å². The summed E-state index contributed by atoms with van der Waals surface area (Å²) in [6.07, 6.45) is 0.440. The molecule has 1 aliphatic heterocycles. The molecule has 1 aromatic carbocycles. The van der Waals surface area contributed by atoms with E-state index in [9.17, 15) is 19.3 Å². The highest BCUT2D eigenvalue weighted by Gasteiger charge is 2.27. The lowest BCUT2D eigenvalue weighted by Gasteiger charge is -2.17. The third-order valence-corrected chi connectivity index (χ3v) is 3.82. The highest BCUT2D eigenvalue weighted by atomic mass is 19.1. The maximum absolute atomic E-state index is 13.3. The fourth-order valence-corrected chi connectivity index (χ4v) is 2.56. The first-order valence-electron chi connectivity index (χ1n) is 7.96. The average molecular weight is 339 g/mol. The predicted octanol–water partition coefficient (Wildman–Crippen LogP) is 3.26. The van der Waals surface area contributed by atoms with Crippen molar-refractivity contribution >= 4 is 17.5 Å². The summed E-state index contributed by atoms with van der Waals surface area (Å²) >= 11 is 0. The Balaban J connectivity index is 1.87. The number of anilines is 1. The third kappa shape index (κ3) is 4.81. The van der Waals surface area contributed by atoms with Gasteiger partial charge in [-0.3, -0.25) is 10.1 Å². The van der Waals surface area contributed by atoms with E-state index in [0.717, 1.165) is 24.6 Å². The number of nitro benzene ring substituents is 1. The summed E-state index contributed by atoms with van der Waals surface area (Å²) in [5, 5.41) is 13.9. The molecule has 1 amide bonds. The maximum atomic E-state index is 13.3. The molecule has 2 rings (SSSR count). The van der Waals surface area contributed by atoms with Gasteiger partial charge >= 0.3 is 6.09 Å². The van der Waals surface area contributed by atoms with Crippen LogP contribution in [0.25, 0.3) is 0 Å². The Hall–Kier alpha value is -2.38. The minimum atomic E-state index is -0.550. The summed E-state index contributed by atoms with van der Waals surface area (Å²) in [4.78, 5) is 24.0. The first-order chi connectivity index (χ1) is 11.4. The number of nitrogens with zero attached hydrogens (tertiary/aromatic N) is 2. The van der Waals surface area contributed by atoms with Gasteiger partial charge in [0.05, 0.1) is 11.5 Å². The van der Waals surface area contributed by atoms with Crippen molar-refractivity contribution in [3.63, 3.8) is 0 Å². The lowest BCUT2D eigenvalue weighted by atomic mass is 10.1. The van der Waals surface area contributed by atoms with Crippen molar-refractivity contribution in [1.29, 1.82) is 0 Å². The van der Waals surface area contributed by atoms with E-state index in [1.807, 2.05) is 13.8 Å². The van der Waals surface area contributed by atoms with Crippen molar-refractivity contribution in [3.05, 3.63) is 34.1 Å². The summed E-state index contributed by atoms with van der Waals surface area (Å²) in [5.74, 6) is -0.115. The Morgan fingerprint density at radius 1 is 1.54 bits per heavy atom. The number of nitrogens with one attached hydrogen (secondary N) is 1. The zero-order chi connectivity index (χ0) is 17.7. The van der Waals surface area contributed by atoms with Gasteiger partial charge in [-0.05, 0) is 24.3 Å². The SMILES string of the molecule is CC(C)COC(=O)N1CC[C@@H](CNc2cc(F)ccc2[N+](=O)[O-])C1. The number of carbonyl (C=O) groups is 1. The van der Waals surface area contributed by atoms with Crippen LogP contribution < -0.4 is 5.32 Å². The predicted molar refractivity (Wildman–Crippen MR) is 87.4 cm³/mol. The maximum Gasteiger partial charge on any atom is 0.409 e. The minimum absolute atomic E-state index is 0.138. The van der Waals surface area contributed by atoms with Crippen LogP contribution in [0.15, 0.2) is 18.2 Å². The van der Waals surface area contributed by atoms with Gasteiger partial charge in [0.25, 0.3) is 5.69 Å². The highest BCUT2D eigenvalue weighted by Crippen LogP contribution is 2.26. The molecule has 132 valence electrons. The largest absolute Gasteiger partial charge is 0.449 e. The highest BCUT2D eigenvalue weighted by molar-refractivity contribution is 5.68. The van der Waals surface area contributed by atoms with Crippen LogP contribution in [0.4, 0.5) is 20.6 Å². The number of amides is 1. The first-order valence-corrected chi connectivity index (χ1v) is 7.96. The molecule has 24 heavy (non-hydrogen) atoms. The van der Waals surface area contributed by atoms with Crippen LogP contribution in [0.5, 0.6) is 0 Å². The van der Waals surface area contributed by atoms with Crippen LogP contribution in [0.1, 0.15) is 20.3 Å². The number of ether oxygens (including phenoxy) is 1. The standard InChI is InChI=1S/C16H22FN3O4/c1-11(2)10-24-16(21)19-6-5-12(9-19)8-18-14-7-13(17)3-4-15(14)20(22)23/h3-4,7,11-12,18H,5-6,8-10H2,1-2H3/t12-/m0/s1. The first kappa shape index (κ1) is 18.0. The second kappa shape index (κ2) is 7.94. The number of carbonyl (C=O) groups excluding carboxylic acids is 1. The van der Waals surface area contributed by atoms with Crippen molar-refractivity contribution in [1.82, 2.24) is 4.90 Å². The molecule has 1 aromatic rings. The van der Waals surface area contributed by atoms with Crippen molar-refractivity contribution in [3.8, 4) is 0 Å². The number of nitro groups is 1. The molecule has 0 radical (unpaired) electrons. The van der Waals surface area contributed by atoms with E-state index in [2.05, 4.69) is 5.32 Å². The number of hydrogen-bond donors (Lipinski definition) is 1. The molecule has 1 aliphatic rings. The van der Waals surface area contributed by atoms with Crippen LogP contribution >= 0.6 is 0 Å². The van der Waals surface area contributed by atoms with E-state index < -0.39 is 10.7 Å². The Morgan fingerprint density at radius 3 is 2.96 bits per heavy atom. The second-order valence-electron chi connectivity index (χ2n) is 6.37. The molecule has 0 saturated carbocycles. The Kier molecular flexibility index (Phi) is 5.94. The van der Waals surface area contributed by atoms with E-state index >= 15 is 0 Å². The lowest BCUT2D eigenvalue weighted by Crippen LogP contribution is -2.31. The average Bonchev–Trinajstić information content (AvgIpc) is 2.99. The summed E-state index contributed by atoms with van der Waals surface area (Å²) in [5.41, 5.74) is -0.0107. The van der Waals surface area contributed by atoms with E-state index in [0.29, 0.717) is 26.2 Å². The summed E-state index contributed by atoms with van der Waals surface area (Å²) < 4.78 is 18.5. The molecule has 0 aliphatic carbocycles. The summed E-state index contributed by atoms with van der Waals surface area (Å²) in [7, 11) is 0. The number of halogens is 1. The van der Waals surface area contributed by atoms with Gasteiger partial charge in [0.15, 0.2) is 0 Å². The molecule has 1 N–H and O–H groups in total. The van der Waals surface area contributed by atoms with Crippen molar-refractivity contribution in [2.75, 3.05) is 31.6 Å². The van der Waals surface area contributed by atoms with Gasteiger partial charge in [-0.2, -0.15) is 0 Å². The van der Waals surface area contributed by atoms with Gasteiger partial charge in [0, 0.05) is 31.8 Å². The minimum Gasteiger partial charge on any atom is -0.449 e. The zero-order valence-corrected chi connectivity index (χ0v) is 13.8. The molecule has 0 unspecified atom stereocenters.